The SMILES string of the molecule is CCOc1ccc(/C(O)=C2/C(=O)C(=O)N(c3ccc(F)cc3)C2c2ccco2)c(OCC)c1. The zero-order valence-electron chi connectivity index (χ0n) is 18.1. The normalized spacial score (nSPS) is 17.4. The minimum atomic E-state index is -1.05. The lowest BCUT2D eigenvalue weighted by molar-refractivity contribution is -0.132. The van der Waals surface area contributed by atoms with Gasteiger partial charge in [0, 0.05) is 11.8 Å². The number of rotatable bonds is 7. The number of aliphatic hydroxyl groups is 1. The van der Waals surface area contributed by atoms with Crippen LogP contribution in [0.4, 0.5) is 10.1 Å². The van der Waals surface area contributed by atoms with Crippen molar-refractivity contribution in [2.45, 2.75) is 19.9 Å². The van der Waals surface area contributed by atoms with Crippen LogP contribution in [-0.2, 0) is 9.59 Å². The Morgan fingerprint density at radius 1 is 1.06 bits per heavy atom. The first-order valence-corrected chi connectivity index (χ1v) is 10.5. The molecule has 4 rings (SSSR count). The monoisotopic (exact) mass is 451 g/mol. The number of ether oxygens (including phenoxy) is 2. The number of furan rings is 1. The maximum absolute atomic E-state index is 13.5. The molecule has 170 valence electrons. The van der Waals surface area contributed by atoms with E-state index in [1.165, 1.54) is 35.4 Å². The molecule has 1 aliphatic rings. The van der Waals surface area contributed by atoms with E-state index in [-0.39, 0.29) is 22.6 Å². The van der Waals surface area contributed by atoms with Gasteiger partial charge >= 0.3 is 0 Å². The van der Waals surface area contributed by atoms with Crippen molar-refractivity contribution in [3.8, 4) is 11.5 Å². The molecule has 1 N–H and O–H groups in total. The first-order valence-electron chi connectivity index (χ1n) is 10.5. The van der Waals surface area contributed by atoms with Gasteiger partial charge in [-0.3, -0.25) is 14.5 Å². The van der Waals surface area contributed by atoms with Crippen molar-refractivity contribution in [2.75, 3.05) is 18.1 Å². The molecule has 2 heterocycles. The third-order valence-electron chi connectivity index (χ3n) is 5.18. The van der Waals surface area contributed by atoms with Crippen molar-refractivity contribution < 1.29 is 33.0 Å². The Bertz CT molecular complexity index is 1200. The van der Waals surface area contributed by atoms with Crippen LogP contribution in [0.2, 0.25) is 0 Å². The molecule has 1 aliphatic heterocycles. The minimum Gasteiger partial charge on any atom is -0.507 e. The van der Waals surface area contributed by atoms with Crippen LogP contribution < -0.4 is 14.4 Å². The zero-order chi connectivity index (χ0) is 23.5. The van der Waals surface area contributed by atoms with Gasteiger partial charge in [-0.05, 0) is 62.4 Å². The van der Waals surface area contributed by atoms with Crippen LogP contribution in [0.1, 0.15) is 31.2 Å². The number of carbonyl (C=O) groups is 2. The number of ketones is 1. The Kier molecular flexibility index (Phi) is 6.17. The second-order valence-electron chi connectivity index (χ2n) is 7.18. The molecular weight excluding hydrogens is 429 g/mol. The molecule has 0 radical (unpaired) electrons. The molecule has 2 aromatic carbocycles. The predicted octanol–water partition coefficient (Wildman–Crippen LogP) is 4.84. The molecule has 1 saturated heterocycles. The number of halogens is 1. The summed E-state index contributed by atoms with van der Waals surface area (Å²) in [5.41, 5.74) is 0.356. The molecule has 1 amide bonds. The van der Waals surface area contributed by atoms with Crippen molar-refractivity contribution in [2.24, 2.45) is 0 Å². The highest BCUT2D eigenvalue weighted by molar-refractivity contribution is 6.51. The number of nitrogens with zero attached hydrogens (tertiary/aromatic N) is 1. The third-order valence-corrected chi connectivity index (χ3v) is 5.18. The number of carbonyl (C=O) groups excluding carboxylic acids is 2. The fourth-order valence-electron chi connectivity index (χ4n) is 3.79. The van der Waals surface area contributed by atoms with Gasteiger partial charge in [0.05, 0.1) is 30.6 Å². The maximum atomic E-state index is 13.5. The average Bonchev–Trinajstić information content (AvgIpc) is 3.42. The van der Waals surface area contributed by atoms with E-state index in [0.717, 1.165) is 0 Å². The van der Waals surface area contributed by atoms with E-state index in [4.69, 9.17) is 13.9 Å². The van der Waals surface area contributed by atoms with Crippen molar-refractivity contribution in [1.82, 2.24) is 0 Å². The van der Waals surface area contributed by atoms with Crippen LogP contribution in [0.3, 0.4) is 0 Å². The van der Waals surface area contributed by atoms with Gasteiger partial charge in [-0.1, -0.05) is 0 Å². The van der Waals surface area contributed by atoms with E-state index < -0.39 is 29.3 Å². The number of aliphatic hydroxyl groups excluding tert-OH is 1. The van der Waals surface area contributed by atoms with Gasteiger partial charge in [-0.15, -0.1) is 0 Å². The Morgan fingerprint density at radius 3 is 2.42 bits per heavy atom. The van der Waals surface area contributed by atoms with Crippen molar-refractivity contribution >= 4 is 23.1 Å². The van der Waals surface area contributed by atoms with Crippen LogP contribution in [-0.4, -0.2) is 30.0 Å². The third kappa shape index (κ3) is 4.07. The molecule has 1 unspecified atom stereocenters. The number of benzene rings is 2. The first kappa shape index (κ1) is 22.1. The summed E-state index contributed by atoms with van der Waals surface area (Å²) in [6.45, 7) is 4.38. The summed E-state index contributed by atoms with van der Waals surface area (Å²) in [6.07, 6.45) is 1.41. The lowest BCUT2D eigenvalue weighted by Crippen LogP contribution is -2.29. The van der Waals surface area contributed by atoms with Gasteiger partial charge in [0.2, 0.25) is 0 Å². The summed E-state index contributed by atoms with van der Waals surface area (Å²) >= 11 is 0. The topological polar surface area (TPSA) is 89.2 Å². The number of hydrogen-bond donors (Lipinski definition) is 1. The molecular formula is C25H22FNO6. The van der Waals surface area contributed by atoms with E-state index >= 15 is 0 Å². The van der Waals surface area contributed by atoms with Crippen LogP contribution in [0.25, 0.3) is 5.76 Å². The molecule has 0 spiro atoms. The van der Waals surface area contributed by atoms with E-state index in [1.807, 2.05) is 6.92 Å². The fourth-order valence-corrected chi connectivity index (χ4v) is 3.79. The minimum absolute atomic E-state index is 0.163. The lowest BCUT2D eigenvalue weighted by atomic mass is 9.98. The molecule has 1 fully saturated rings. The van der Waals surface area contributed by atoms with Gasteiger partial charge in [-0.25, -0.2) is 4.39 Å². The molecule has 0 aliphatic carbocycles. The van der Waals surface area contributed by atoms with Crippen molar-refractivity contribution in [3.05, 3.63) is 83.6 Å². The summed E-state index contributed by atoms with van der Waals surface area (Å²) < 4.78 is 30.2. The molecule has 1 atom stereocenters. The zero-order valence-corrected chi connectivity index (χ0v) is 18.1. The van der Waals surface area contributed by atoms with E-state index in [0.29, 0.717) is 24.7 Å². The number of anilines is 1. The van der Waals surface area contributed by atoms with Crippen LogP contribution >= 0.6 is 0 Å². The second kappa shape index (κ2) is 9.20. The Labute approximate surface area is 189 Å². The summed E-state index contributed by atoms with van der Waals surface area (Å²) in [6, 6.07) is 12.1. The van der Waals surface area contributed by atoms with Crippen LogP contribution in [0.5, 0.6) is 11.5 Å². The highest BCUT2D eigenvalue weighted by Gasteiger charge is 2.48. The largest absolute Gasteiger partial charge is 0.507 e. The number of amides is 1. The van der Waals surface area contributed by atoms with E-state index in [2.05, 4.69) is 0 Å². The van der Waals surface area contributed by atoms with Crippen molar-refractivity contribution in [1.29, 1.82) is 0 Å². The molecule has 3 aromatic rings. The summed E-state index contributed by atoms with van der Waals surface area (Å²) in [4.78, 5) is 27.3. The van der Waals surface area contributed by atoms with Gasteiger partial charge in [0.25, 0.3) is 11.7 Å². The van der Waals surface area contributed by atoms with Crippen LogP contribution in [0.15, 0.2) is 70.9 Å². The number of Topliss-reactive ketones (excluding diaryl/α,β-unsaturated/α-hetero) is 1. The van der Waals surface area contributed by atoms with Crippen molar-refractivity contribution in [3.63, 3.8) is 0 Å². The average molecular weight is 451 g/mol. The van der Waals surface area contributed by atoms with E-state index in [9.17, 15) is 19.1 Å². The molecule has 8 heteroatoms. The summed E-state index contributed by atoms with van der Waals surface area (Å²) in [5.74, 6) is -1.56. The summed E-state index contributed by atoms with van der Waals surface area (Å²) in [7, 11) is 0. The Hall–Kier alpha value is -4.07. The van der Waals surface area contributed by atoms with E-state index in [1.54, 1.807) is 37.3 Å². The molecule has 0 saturated carbocycles. The lowest BCUT2D eigenvalue weighted by Gasteiger charge is -2.23. The molecule has 7 nitrogen and oxygen atoms in total. The molecule has 1 aromatic heterocycles. The molecule has 0 bridgehead atoms. The quantitative estimate of drug-likeness (QED) is 0.314. The predicted molar refractivity (Wildman–Crippen MR) is 119 cm³/mol. The fraction of sp³-hybridized carbons (Fsp3) is 0.200. The van der Waals surface area contributed by atoms with Gasteiger partial charge < -0.3 is 19.0 Å². The Balaban J connectivity index is 1.90. The van der Waals surface area contributed by atoms with Gasteiger partial charge in [-0.2, -0.15) is 0 Å². The molecule has 33 heavy (non-hydrogen) atoms. The van der Waals surface area contributed by atoms with Crippen LogP contribution in [0, 0.1) is 5.82 Å². The highest BCUT2D eigenvalue weighted by atomic mass is 19.1. The highest BCUT2D eigenvalue weighted by Crippen LogP contribution is 2.43. The maximum Gasteiger partial charge on any atom is 0.300 e. The Morgan fingerprint density at radius 2 is 1.79 bits per heavy atom. The smallest absolute Gasteiger partial charge is 0.300 e. The second-order valence-corrected chi connectivity index (χ2v) is 7.18. The standard InChI is InChI=1S/C25H22FNO6/c1-3-31-17-11-12-18(20(14-17)32-4-2)23(28)21-22(19-6-5-13-33-19)27(25(30)24(21)29)16-9-7-15(26)8-10-16/h5-14,22,28H,3-4H2,1-2H3/b23-21-. The van der Waals surface area contributed by atoms with Gasteiger partial charge in [0.15, 0.2) is 0 Å². The number of hydrogen-bond acceptors (Lipinski definition) is 6. The van der Waals surface area contributed by atoms with Gasteiger partial charge in [0.1, 0.15) is 34.9 Å². The first-order chi connectivity index (χ1) is 16.0. The summed E-state index contributed by atoms with van der Waals surface area (Å²) in [5, 5.41) is 11.3.